The summed E-state index contributed by atoms with van der Waals surface area (Å²) < 4.78 is 4.99. The summed E-state index contributed by atoms with van der Waals surface area (Å²) in [6.07, 6.45) is 1.88. The molecule has 0 radical (unpaired) electrons. The SMILES string of the molecule is CO[C@H]1C[C@@H](C(=O)NN)C1. The van der Waals surface area contributed by atoms with Crippen LogP contribution < -0.4 is 11.3 Å². The number of nitrogens with two attached hydrogens (primary N) is 1. The lowest BCUT2D eigenvalue weighted by atomic mass is 9.82. The predicted octanol–water partition coefficient (Wildman–Crippen LogP) is -0.599. The lowest BCUT2D eigenvalue weighted by molar-refractivity contribution is -0.132. The molecule has 0 spiro atoms. The van der Waals surface area contributed by atoms with E-state index in [1.54, 1.807) is 7.11 Å². The summed E-state index contributed by atoms with van der Waals surface area (Å²) in [5, 5.41) is 0. The van der Waals surface area contributed by atoms with Gasteiger partial charge in [-0.2, -0.15) is 0 Å². The molecule has 1 fully saturated rings. The molecule has 1 saturated carbocycles. The Bertz CT molecular complexity index is 132. The largest absolute Gasteiger partial charge is 0.381 e. The summed E-state index contributed by atoms with van der Waals surface area (Å²) in [6, 6.07) is 0. The Morgan fingerprint density at radius 2 is 2.30 bits per heavy atom. The van der Waals surface area contributed by atoms with Crippen molar-refractivity contribution in [1.82, 2.24) is 5.43 Å². The van der Waals surface area contributed by atoms with E-state index in [-0.39, 0.29) is 17.9 Å². The molecular formula is C6H12N2O2. The minimum Gasteiger partial charge on any atom is -0.381 e. The summed E-state index contributed by atoms with van der Waals surface area (Å²) in [6.45, 7) is 0. The van der Waals surface area contributed by atoms with E-state index in [4.69, 9.17) is 10.6 Å². The molecule has 3 N–H and O–H groups in total. The highest BCUT2D eigenvalue weighted by Crippen LogP contribution is 2.29. The van der Waals surface area contributed by atoms with Gasteiger partial charge in [-0.15, -0.1) is 0 Å². The Labute approximate surface area is 59.7 Å². The first-order valence-electron chi connectivity index (χ1n) is 3.31. The van der Waals surface area contributed by atoms with Gasteiger partial charge >= 0.3 is 0 Å². The lowest BCUT2D eigenvalue weighted by Gasteiger charge is -2.32. The number of carbonyl (C=O) groups is 1. The van der Waals surface area contributed by atoms with Gasteiger partial charge < -0.3 is 4.74 Å². The van der Waals surface area contributed by atoms with Gasteiger partial charge in [-0.05, 0) is 12.8 Å². The third kappa shape index (κ3) is 1.27. The molecule has 10 heavy (non-hydrogen) atoms. The van der Waals surface area contributed by atoms with E-state index >= 15 is 0 Å². The van der Waals surface area contributed by atoms with Gasteiger partial charge in [0.05, 0.1) is 6.10 Å². The van der Waals surface area contributed by atoms with Gasteiger partial charge in [-0.1, -0.05) is 0 Å². The van der Waals surface area contributed by atoms with Crippen molar-refractivity contribution in [1.29, 1.82) is 0 Å². The van der Waals surface area contributed by atoms with Crippen molar-refractivity contribution in [3.63, 3.8) is 0 Å². The molecule has 58 valence electrons. The molecule has 0 atom stereocenters. The van der Waals surface area contributed by atoms with Crippen molar-refractivity contribution in [2.75, 3.05) is 7.11 Å². The van der Waals surface area contributed by atoms with Crippen LogP contribution in [0.2, 0.25) is 0 Å². The second-order valence-corrected chi connectivity index (χ2v) is 2.53. The van der Waals surface area contributed by atoms with Crippen molar-refractivity contribution in [3.05, 3.63) is 0 Å². The van der Waals surface area contributed by atoms with Gasteiger partial charge in [0.1, 0.15) is 0 Å². The van der Waals surface area contributed by atoms with E-state index in [1.807, 2.05) is 0 Å². The Hall–Kier alpha value is -0.610. The van der Waals surface area contributed by atoms with Gasteiger partial charge in [0.25, 0.3) is 0 Å². The van der Waals surface area contributed by atoms with Crippen LogP contribution in [-0.4, -0.2) is 19.1 Å². The molecule has 4 heteroatoms. The molecule has 1 aliphatic rings. The van der Waals surface area contributed by atoms with E-state index in [0.29, 0.717) is 0 Å². The molecule has 1 rings (SSSR count). The molecule has 0 aliphatic heterocycles. The van der Waals surface area contributed by atoms with Gasteiger partial charge in [-0.3, -0.25) is 10.2 Å². The molecule has 0 saturated heterocycles. The van der Waals surface area contributed by atoms with Gasteiger partial charge in [0, 0.05) is 13.0 Å². The Morgan fingerprint density at radius 3 is 2.70 bits per heavy atom. The average molecular weight is 144 g/mol. The van der Waals surface area contributed by atoms with E-state index in [1.165, 1.54) is 0 Å². The highest BCUT2D eigenvalue weighted by Gasteiger charge is 2.33. The van der Waals surface area contributed by atoms with Crippen LogP contribution in [0.5, 0.6) is 0 Å². The summed E-state index contributed by atoms with van der Waals surface area (Å²) in [5.41, 5.74) is 2.12. The van der Waals surface area contributed by atoms with Crippen molar-refractivity contribution >= 4 is 5.91 Å². The van der Waals surface area contributed by atoms with Crippen molar-refractivity contribution in [2.45, 2.75) is 18.9 Å². The van der Waals surface area contributed by atoms with Gasteiger partial charge in [0.15, 0.2) is 0 Å². The summed E-state index contributed by atoms with van der Waals surface area (Å²) in [7, 11) is 1.65. The van der Waals surface area contributed by atoms with Crippen molar-refractivity contribution in [2.24, 2.45) is 11.8 Å². The summed E-state index contributed by atoms with van der Waals surface area (Å²) in [4.78, 5) is 10.8. The highest BCUT2D eigenvalue weighted by atomic mass is 16.5. The number of hydrogen-bond acceptors (Lipinski definition) is 3. The fourth-order valence-electron chi connectivity index (χ4n) is 1.09. The Kier molecular flexibility index (Phi) is 2.24. The van der Waals surface area contributed by atoms with Crippen LogP contribution in [0.1, 0.15) is 12.8 Å². The minimum atomic E-state index is -0.0756. The van der Waals surface area contributed by atoms with Gasteiger partial charge in [0.2, 0.25) is 5.91 Å². The molecule has 1 aliphatic carbocycles. The molecule has 0 aromatic rings. The maximum absolute atomic E-state index is 10.8. The summed E-state index contributed by atoms with van der Waals surface area (Å²) >= 11 is 0. The Balaban J connectivity index is 2.19. The van der Waals surface area contributed by atoms with E-state index in [9.17, 15) is 4.79 Å². The average Bonchev–Trinajstić information content (AvgIpc) is 1.85. The number of hydrogen-bond donors (Lipinski definition) is 2. The van der Waals surface area contributed by atoms with Gasteiger partial charge in [-0.25, -0.2) is 5.84 Å². The predicted molar refractivity (Wildman–Crippen MR) is 35.9 cm³/mol. The fourth-order valence-corrected chi connectivity index (χ4v) is 1.09. The van der Waals surface area contributed by atoms with Crippen LogP contribution in [0.4, 0.5) is 0 Å². The smallest absolute Gasteiger partial charge is 0.237 e. The number of rotatable bonds is 2. The number of carbonyl (C=O) groups excluding carboxylic acids is 1. The van der Waals surface area contributed by atoms with Crippen LogP contribution in [0.15, 0.2) is 0 Å². The molecule has 0 heterocycles. The lowest BCUT2D eigenvalue weighted by Crippen LogP contribution is -2.44. The molecule has 0 aromatic carbocycles. The van der Waals surface area contributed by atoms with Crippen LogP contribution in [0, 0.1) is 5.92 Å². The fraction of sp³-hybridized carbons (Fsp3) is 0.833. The first-order chi connectivity index (χ1) is 4.77. The third-order valence-corrected chi connectivity index (χ3v) is 1.94. The maximum atomic E-state index is 10.8. The topological polar surface area (TPSA) is 64.3 Å². The number of amides is 1. The second-order valence-electron chi connectivity index (χ2n) is 2.53. The number of nitrogens with one attached hydrogen (secondary N) is 1. The molecule has 4 nitrogen and oxygen atoms in total. The minimum absolute atomic E-state index is 0.0756. The van der Waals surface area contributed by atoms with E-state index < -0.39 is 0 Å². The van der Waals surface area contributed by atoms with E-state index in [2.05, 4.69) is 5.43 Å². The zero-order valence-corrected chi connectivity index (χ0v) is 5.96. The molecule has 1 amide bonds. The van der Waals surface area contributed by atoms with Crippen LogP contribution >= 0.6 is 0 Å². The van der Waals surface area contributed by atoms with Crippen LogP contribution in [-0.2, 0) is 9.53 Å². The quantitative estimate of drug-likeness (QED) is 0.309. The molecule has 0 unspecified atom stereocenters. The molecule has 0 aromatic heterocycles. The maximum Gasteiger partial charge on any atom is 0.237 e. The zero-order valence-electron chi connectivity index (χ0n) is 5.96. The Morgan fingerprint density at radius 1 is 1.70 bits per heavy atom. The van der Waals surface area contributed by atoms with E-state index in [0.717, 1.165) is 12.8 Å². The number of hydrazine groups is 1. The summed E-state index contributed by atoms with van der Waals surface area (Å²) in [5.74, 6) is 4.93. The standard InChI is InChI=1S/C6H12N2O2/c1-10-5-2-4(3-5)6(9)8-7/h4-5H,2-3,7H2,1H3,(H,8,9)/t4-,5+. The number of methoxy groups -OCH3 is 1. The number of ether oxygens (including phenoxy) is 1. The van der Waals surface area contributed by atoms with Crippen molar-refractivity contribution < 1.29 is 9.53 Å². The first kappa shape index (κ1) is 7.50. The highest BCUT2D eigenvalue weighted by molar-refractivity contribution is 5.78. The monoisotopic (exact) mass is 144 g/mol. The first-order valence-corrected chi connectivity index (χ1v) is 3.31. The molecule has 0 bridgehead atoms. The normalized spacial score (nSPS) is 31.0. The third-order valence-electron chi connectivity index (χ3n) is 1.94. The zero-order chi connectivity index (χ0) is 7.56. The van der Waals surface area contributed by atoms with Crippen LogP contribution in [0.3, 0.4) is 0 Å². The molecular weight excluding hydrogens is 132 g/mol. The van der Waals surface area contributed by atoms with Crippen molar-refractivity contribution in [3.8, 4) is 0 Å². The van der Waals surface area contributed by atoms with Crippen LogP contribution in [0.25, 0.3) is 0 Å². The second kappa shape index (κ2) is 2.98.